The van der Waals surface area contributed by atoms with Crippen LogP contribution in [0.1, 0.15) is 24.8 Å². The van der Waals surface area contributed by atoms with E-state index in [1.807, 2.05) is 47.9 Å². The summed E-state index contributed by atoms with van der Waals surface area (Å²) in [6.07, 6.45) is 2.01. The fraction of sp³-hybridized carbons (Fsp3) is 0.348. The third-order valence-electron chi connectivity index (χ3n) is 4.73. The van der Waals surface area contributed by atoms with Gasteiger partial charge in [-0.2, -0.15) is 0 Å². The van der Waals surface area contributed by atoms with Gasteiger partial charge in [-0.1, -0.05) is 64.8 Å². The minimum absolute atomic E-state index is 0.0491. The Morgan fingerprint density at radius 2 is 1.88 bits per heavy atom. The van der Waals surface area contributed by atoms with E-state index >= 15 is 0 Å². The average molecular weight is 493 g/mol. The number of hydrogen-bond acceptors (Lipinski definition) is 5. The van der Waals surface area contributed by atoms with Gasteiger partial charge in [0.25, 0.3) is 0 Å². The maximum absolute atomic E-state index is 12.0. The number of aromatic nitrogens is 3. The first-order valence-corrected chi connectivity index (χ1v) is 12.1. The Hall–Kier alpha value is -2.06. The topological polar surface area (TPSA) is 69.0 Å². The standard InChI is InChI=1S/C23H26Cl2N4O2S/c1-16-6-8-17(9-7-16)22-27-28-23(29(22)18-10-11-19(24)20(25)15-18)32-14-3-5-21(30)26-12-4-13-31-2/h6-11,15H,3-5,12-14H2,1-2H3,(H,26,30). The lowest BCUT2D eigenvalue weighted by atomic mass is 10.1. The monoisotopic (exact) mass is 492 g/mol. The Morgan fingerprint density at radius 1 is 1.09 bits per heavy atom. The van der Waals surface area contributed by atoms with Gasteiger partial charge in [0.15, 0.2) is 11.0 Å². The van der Waals surface area contributed by atoms with E-state index in [1.54, 1.807) is 24.9 Å². The second-order valence-corrected chi connectivity index (χ2v) is 9.13. The minimum Gasteiger partial charge on any atom is -0.385 e. The van der Waals surface area contributed by atoms with E-state index < -0.39 is 0 Å². The Bertz CT molecular complexity index is 1040. The van der Waals surface area contributed by atoms with Gasteiger partial charge in [-0.25, -0.2) is 0 Å². The first-order chi connectivity index (χ1) is 15.5. The van der Waals surface area contributed by atoms with Crippen LogP contribution < -0.4 is 5.32 Å². The third kappa shape index (κ3) is 6.72. The Morgan fingerprint density at radius 3 is 2.59 bits per heavy atom. The van der Waals surface area contributed by atoms with Crippen molar-refractivity contribution in [3.8, 4) is 17.1 Å². The van der Waals surface area contributed by atoms with E-state index in [0.717, 1.165) is 40.8 Å². The fourth-order valence-electron chi connectivity index (χ4n) is 3.04. The molecule has 0 saturated heterocycles. The van der Waals surface area contributed by atoms with E-state index in [-0.39, 0.29) is 5.91 Å². The third-order valence-corrected chi connectivity index (χ3v) is 6.49. The molecule has 0 fully saturated rings. The summed E-state index contributed by atoms with van der Waals surface area (Å²) in [5, 5.41) is 13.5. The molecule has 0 unspecified atom stereocenters. The smallest absolute Gasteiger partial charge is 0.220 e. The van der Waals surface area contributed by atoms with Gasteiger partial charge in [0.1, 0.15) is 0 Å². The molecule has 9 heteroatoms. The largest absolute Gasteiger partial charge is 0.385 e. The van der Waals surface area contributed by atoms with Crippen LogP contribution in [0, 0.1) is 6.92 Å². The number of methoxy groups -OCH3 is 1. The van der Waals surface area contributed by atoms with E-state index in [1.165, 1.54) is 5.56 Å². The Labute approximate surface area is 202 Å². The summed E-state index contributed by atoms with van der Waals surface area (Å²) in [5.74, 6) is 1.51. The lowest BCUT2D eigenvalue weighted by Gasteiger charge is -2.11. The molecule has 0 radical (unpaired) electrons. The second-order valence-electron chi connectivity index (χ2n) is 7.25. The summed E-state index contributed by atoms with van der Waals surface area (Å²) in [6.45, 7) is 3.32. The number of carbonyl (C=O) groups is 1. The van der Waals surface area contributed by atoms with Gasteiger partial charge in [0, 0.05) is 38.0 Å². The van der Waals surface area contributed by atoms with Crippen LogP contribution in [0.3, 0.4) is 0 Å². The van der Waals surface area contributed by atoms with Crippen LogP contribution in [0.4, 0.5) is 0 Å². The molecule has 170 valence electrons. The molecular weight excluding hydrogens is 467 g/mol. The number of rotatable bonds is 11. The van der Waals surface area contributed by atoms with Crippen molar-refractivity contribution in [1.29, 1.82) is 0 Å². The normalized spacial score (nSPS) is 11.0. The summed E-state index contributed by atoms with van der Waals surface area (Å²) in [4.78, 5) is 12.0. The van der Waals surface area contributed by atoms with Crippen molar-refractivity contribution in [2.45, 2.75) is 31.3 Å². The van der Waals surface area contributed by atoms with Gasteiger partial charge in [-0.3, -0.25) is 9.36 Å². The number of nitrogens with zero attached hydrogens (tertiary/aromatic N) is 3. The first-order valence-electron chi connectivity index (χ1n) is 10.4. The lowest BCUT2D eigenvalue weighted by Crippen LogP contribution is -2.24. The molecule has 0 atom stereocenters. The molecule has 6 nitrogen and oxygen atoms in total. The predicted molar refractivity (Wildman–Crippen MR) is 131 cm³/mol. The summed E-state index contributed by atoms with van der Waals surface area (Å²) < 4.78 is 6.96. The Kier molecular flexibility index (Phi) is 9.41. The highest BCUT2D eigenvalue weighted by molar-refractivity contribution is 7.99. The minimum atomic E-state index is 0.0491. The first kappa shape index (κ1) is 24.6. The van der Waals surface area contributed by atoms with Gasteiger partial charge in [0.2, 0.25) is 5.91 Å². The molecule has 3 rings (SSSR count). The molecule has 3 aromatic rings. The van der Waals surface area contributed by atoms with Gasteiger partial charge >= 0.3 is 0 Å². The Balaban J connectivity index is 1.72. The van der Waals surface area contributed by atoms with Crippen LogP contribution >= 0.6 is 35.0 Å². The zero-order valence-corrected chi connectivity index (χ0v) is 20.4. The number of benzene rings is 2. The van der Waals surface area contributed by atoms with Crippen molar-refractivity contribution in [3.63, 3.8) is 0 Å². The number of carbonyl (C=O) groups excluding carboxylic acids is 1. The average Bonchev–Trinajstić information content (AvgIpc) is 3.20. The molecule has 0 aliphatic carbocycles. The van der Waals surface area contributed by atoms with Gasteiger partial charge in [-0.05, 0) is 38.0 Å². The van der Waals surface area contributed by atoms with Crippen LogP contribution in [0.5, 0.6) is 0 Å². The number of halogens is 2. The zero-order valence-electron chi connectivity index (χ0n) is 18.1. The predicted octanol–water partition coefficient (Wildman–Crippen LogP) is 5.57. The maximum atomic E-state index is 12.0. The summed E-state index contributed by atoms with van der Waals surface area (Å²) in [5.41, 5.74) is 2.96. The summed E-state index contributed by atoms with van der Waals surface area (Å²) >= 11 is 14.0. The molecule has 0 saturated carbocycles. The number of nitrogens with one attached hydrogen (secondary N) is 1. The van der Waals surface area contributed by atoms with Crippen molar-refractivity contribution >= 4 is 40.9 Å². The molecule has 2 aromatic carbocycles. The number of thioether (sulfide) groups is 1. The molecule has 1 amide bonds. The highest BCUT2D eigenvalue weighted by Gasteiger charge is 2.17. The van der Waals surface area contributed by atoms with Crippen molar-refractivity contribution < 1.29 is 9.53 Å². The van der Waals surface area contributed by atoms with E-state index in [4.69, 9.17) is 27.9 Å². The number of aryl methyl sites for hydroxylation is 1. The summed E-state index contributed by atoms with van der Waals surface area (Å²) in [6, 6.07) is 13.6. The van der Waals surface area contributed by atoms with E-state index in [2.05, 4.69) is 15.5 Å². The molecule has 1 N–H and O–H groups in total. The van der Waals surface area contributed by atoms with Crippen molar-refractivity contribution in [2.24, 2.45) is 0 Å². The van der Waals surface area contributed by atoms with Crippen LogP contribution in [0.25, 0.3) is 17.1 Å². The molecule has 1 heterocycles. The fourth-order valence-corrected chi connectivity index (χ4v) is 4.22. The van der Waals surface area contributed by atoms with Crippen molar-refractivity contribution in [3.05, 3.63) is 58.1 Å². The number of hydrogen-bond donors (Lipinski definition) is 1. The molecule has 0 spiro atoms. The van der Waals surface area contributed by atoms with Crippen LogP contribution in [-0.2, 0) is 9.53 Å². The van der Waals surface area contributed by atoms with E-state index in [9.17, 15) is 4.79 Å². The van der Waals surface area contributed by atoms with Gasteiger partial charge in [0.05, 0.1) is 15.7 Å². The highest BCUT2D eigenvalue weighted by Crippen LogP contribution is 2.31. The van der Waals surface area contributed by atoms with Crippen LogP contribution in [0.2, 0.25) is 10.0 Å². The van der Waals surface area contributed by atoms with Crippen LogP contribution in [-0.4, -0.2) is 46.7 Å². The van der Waals surface area contributed by atoms with Crippen molar-refractivity contribution in [2.75, 3.05) is 26.0 Å². The molecule has 0 bridgehead atoms. The van der Waals surface area contributed by atoms with Crippen LogP contribution in [0.15, 0.2) is 47.6 Å². The molecular formula is C23H26Cl2N4O2S. The van der Waals surface area contributed by atoms with E-state index in [0.29, 0.717) is 29.6 Å². The summed E-state index contributed by atoms with van der Waals surface area (Å²) in [7, 11) is 1.65. The van der Waals surface area contributed by atoms with Gasteiger partial charge in [-0.15, -0.1) is 10.2 Å². The molecule has 32 heavy (non-hydrogen) atoms. The SMILES string of the molecule is COCCCNC(=O)CCCSc1nnc(-c2ccc(C)cc2)n1-c1ccc(Cl)c(Cl)c1. The van der Waals surface area contributed by atoms with Crippen molar-refractivity contribution in [1.82, 2.24) is 20.1 Å². The quantitative estimate of drug-likeness (QED) is 0.279. The highest BCUT2D eigenvalue weighted by atomic mass is 35.5. The molecule has 0 aliphatic heterocycles. The lowest BCUT2D eigenvalue weighted by molar-refractivity contribution is -0.121. The molecule has 1 aromatic heterocycles. The zero-order chi connectivity index (χ0) is 22.9. The second kappa shape index (κ2) is 12.3. The molecule has 0 aliphatic rings. The van der Waals surface area contributed by atoms with Gasteiger partial charge < -0.3 is 10.1 Å². The maximum Gasteiger partial charge on any atom is 0.220 e. The number of amides is 1. The number of ether oxygens (including phenoxy) is 1.